The summed E-state index contributed by atoms with van der Waals surface area (Å²) in [5, 5.41) is 2.85. The number of benzene rings is 2. The number of hydrogen-bond donors (Lipinski definition) is 2. The van der Waals surface area contributed by atoms with Gasteiger partial charge in [0, 0.05) is 23.0 Å². The van der Waals surface area contributed by atoms with Gasteiger partial charge in [0.05, 0.1) is 6.61 Å². The van der Waals surface area contributed by atoms with E-state index in [1.165, 1.54) is 0 Å². The quantitative estimate of drug-likeness (QED) is 0.838. The van der Waals surface area contributed by atoms with Gasteiger partial charge in [0.1, 0.15) is 5.75 Å². The molecular weight excluding hydrogens is 252 g/mol. The second-order valence-corrected chi connectivity index (χ2v) is 4.49. The Bertz CT molecular complexity index is 624. The maximum Gasteiger partial charge on any atom is 0.256 e. The molecule has 1 amide bonds. The van der Waals surface area contributed by atoms with E-state index in [0.29, 0.717) is 23.5 Å². The van der Waals surface area contributed by atoms with Crippen molar-refractivity contribution in [3.63, 3.8) is 0 Å². The van der Waals surface area contributed by atoms with Gasteiger partial charge in [-0.05, 0) is 43.7 Å². The fourth-order valence-corrected chi connectivity index (χ4v) is 1.91. The van der Waals surface area contributed by atoms with E-state index < -0.39 is 0 Å². The minimum absolute atomic E-state index is 0.177. The molecule has 0 bridgehead atoms. The summed E-state index contributed by atoms with van der Waals surface area (Å²) in [6.07, 6.45) is 0. The highest BCUT2D eigenvalue weighted by atomic mass is 16.5. The third kappa shape index (κ3) is 3.29. The molecule has 4 nitrogen and oxygen atoms in total. The van der Waals surface area contributed by atoms with Crippen molar-refractivity contribution >= 4 is 17.3 Å². The van der Waals surface area contributed by atoms with Crippen molar-refractivity contribution < 1.29 is 9.53 Å². The number of ether oxygens (including phenoxy) is 1. The third-order valence-corrected chi connectivity index (χ3v) is 2.91. The lowest BCUT2D eigenvalue weighted by Crippen LogP contribution is -2.13. The molecule has 0 fully saturated rings. The standard InChI is InChI=1S/C16H18N2O2/c1-3-20-14-6-4-5-13(10-14)18-16(19)15-9-12(17)8-7-11(15)2/h4-10H,3,17H2,1-2H3,(H,18,19). The van der Waals surface area contributed by atoms with E-state index in [-0.39, 0.29) is 5.91 Å². The highest BCUT2D eigenvalue weighted by molar-refractivity contribution is 6.05. The Kier molecular flexibility index (Phi) is 4.25. The molecule has 0 atom stereocenters. The van der Waals surface area contributed by atoms with Crippen molar-refractivity contribution in [2.24, 2.45) is 0 Å². The number of aryl methyl sites for hydroxylation is 1. The highest BCUT2D eigenvalue weighted by Gasteiger charge is 2.10. The summed E-state index contributed by atoms with van der Waals surface area (Å²) in [7, 11) is 0. The first-order valence-electron chi connectivity index (χ1n) is 6.50. The van der Waals surface area contributed by atoms with Crippen LogP contribution in [-0.2, 0) is 0 Å². The van der Waals surface area contributed by atoms with E-state index in [0.717, 1.165) is 11.3 Å². The zero-order valence-corrected chi connectivity index (χ0v) is 11.6. The second kappa shape index (κ2) is 6.10. The van der Waals surface area contributed by atoms with Gasteiger partial charge in [-0.3, -0.25) is 4.79 Å². The number of hydrogen-bond acceptors (Lipinski definition) is 3. The molecule has 2 aromatic carbocycles. The van der Waals surface area contributed by atoms with Crippen molar-refractivity contribution in [3.05, 3.63) is 53.6 Å². The number of carbonyl (C=O) groups is 1. The molecule has 0 heterocycles. The molecule has 0 aliphatic rings. The predicted octanol–water partition coefficient (Wildman–Crippen LogP) is 3.23. The van der Waals surface area contributed by atoms with E-state index in [2.05, 4.69) is 5.32 Å². The van der Waals surface area contributed by atoms with Crippen molar-refractivity contribution in [3.8, 4) is 5.75 Å². The summed E-state index contributed by atoms with van der Waals surface area (Å²) in [6.45, 7) is 4.39. The van der Waals surface area contributed by atoms with Crippen molar-refractivity contribution in [2.75, 3.05) is 17.7 Å². The Hall–Kier alpha value is -2.49. The summed E-state index contributed by atoms with van der Waals surface area (Å²) >= 11 is 0. The molecule has 4 heteroatoms. The molecule has 0 aromatic heterocycles. The van der Waals surface area contributed by atoms with E-state index in [9.17, 15) is 4.79 Å². The number of amides is 1. The zero-order valence-electron chi connectivity index (χ0n) is 11.6. The van der Waals surface area contributed by atoms with Gasteiger partial charge < -0.3 is 15.8 Å². The van der Waals surface area contributed by atoms with E-state index >= 15 is 0 Å². The zero-order chi connectivity index (χ0) is 14.5. The van der Waals surface area contributed by atoms with Crippen LogP contribution in [0.5, 0.6) is 5.75 Å². The highest BCUT2D eigenvalue weighted by Crippen LogP contribution is 2.19. The third-order valence-electron chi connectivity index (χ3n) is 2.91. The fraction of sp³-hybridized carbons (Fsp3) is 0.188. The number of nitrogens with two attached hydrogens (primary N) is 1. The molecule has 0 spiro atoms. The average Bonchev–Trinajstić information content (AvgIpc) is 2.42. The minimum atomic E-state index is -0.177. The largest absolute Gasteiger partial charge is 0.494 e. The number of anilines is 2. The minimum Gasteiger partial charge on any atom is -0.494 e. The Morgan fingerprint density at radius 3 is 2.80 bits per heavy atom. The molecule has 2 rings (SSSR count). The topological polar surface area (TPSA) is 64.3 Å². The molecule has 0 aliphatic heterocycles. The summed E-state index contributed by atoms with van der Waals surface area (Å²) in [5.74, 6) is 0.554. The van der Waals surface area contributed by atoms with Gasteiger partial charge in [0.25, 0.3) is 5.91 Å². The molecular formula is C16H18N2O2. The summed E-state index contributed by atoms with van der Waals surface area (Å²) in [6, 6.07) is 12.6. The van der Waals surface area contributed by atoms with Crippen LogP contribution in [0.15, 0.2) is 42.5 Å². The lowest BCUT2D eigenvalue weighted by atomic mass is 10.1. The summed E-state index contributed by atoms with van der Waals surface area (Å²) in [4.78, 5) is 12.2. The van der Waals surface area contributed by atoms with Crippen LogP contribution in [0.25, 0.3) is 0 Å². The fourth-order valence-electron chi connectivity index (χ4n) is 1.91. The van der Waals surface area contributed by atoms with Crippen LogP contribution in [0.3, 0.4) is 0 Å². The molecule has 0 saturated carbocycles. The van der Waals surface area contributed by atoms with Crippen LogP contribution in [0.4, 0.5) is 11.4 Å². The summed E-state index contributed by atoms with van der Waals surface area (Å²) < 4.78 is 5.41. The van der Waals surface area contributed by atoms with Crippen LogP contribution < -0.4 is 15.8 Å². The van der Waals surface area contributed by atoms with Crippen LogP contribution in [0.1, 0.15) is 22.8 Å². The Labute approximate surface area is 118 Å². The number of nitrogens with one attached hydrogen (secondary N) is 1. The monoisotopic (exact) mass is 270 g/mol. The Balaban J connectivity index is 2.19. The van der Waals surface area contributed by atoms with Gasteiger partial charge >= 0.3 is 0 Å². The molecule has 3 N–H and O–H groups in total. The Morgan fingerprint density at radius 2 is 2.05 bits per heavy atom. The molecule has 2 aromatic rings. The van der Waals surface area contributed by atoms with Crippen LogP contribution in [-0.4, -0.2) is 12.5 Å². The first-order valence-corrected chi connectivity index (χ1v) is 6.50. The van der Waals surface area contributed by atoms with Gasteiger partial charge in [-0.25, -0.2) is 0 Å². The van der Waals surface area contributed by atoms with Gasteiger partial charge in [-0.15, -0.1) is 0 Å². The van der Waals surface area contributed by atoms with Crippen LogP contribution >= 0.6 is 0 Å². The lowest BCUT2D eigenvalue weighted by Gasteiger charge is -2.10. The lowest BCUT2D eigenvalue weighted by molar-refractivity contribution is 0.102. The smallest absolute Gasteiger partial charge is 0.256 e. The Morgan fingerprint density at radius 1 is 1.25 bits per heavy atom. The van der Waals surface area contributed by atoms with Gasteiger partial charge in [-0.1, -0.05) is 12.1 Å². The SMILES string of the molecule is CCOc1cccc(NC(=O)c2cc(N)ccc2C)c1. The first kappa shape index (κ1) is 13.9. The van der Waals surface area contributed by atoms with Crippen molar-refractivity contribution in [1.82, 2.24) is 0 Å². The molecule has 20 heavy (non-hydrogen) atoms. The molecule has 0 unspecified atom stereocenters. The molecule has 0 saturated heterocycles. The van der Waals surface area contributed by atoms with Crippen molar-refractivity contribution in [1.29, 1.82) is 0 Å². The van der Waals surface area contributed by atoms with Gasteiger partial charge in [-0.2, -0.15) is 0 Å². The van der Waals surface area contributed by atoms with Crippen LogP contribution in [0.2, 0.25) is 0 Å². The normalized spacial score (nSPS) is 10.1. The van der Waals surface area contributed by atoms with Gasteiger partial charge in [0.15, 0.2) is 0 Å². The maximum absolute atomic E-state index is 12.2. The first-order chi connectivity index (χ1) is 9.60. The second-order valence-electron chi connectivity index (χ2n) is 4.49. The van der Waals surface area contributed by atoms with Crippen LogP contribution in [0, 0.1) is 6.92 Å². The van der Waals surface area contributed by atoms with E-state index in [1.54, 1.807) is 18.2 Å². The maximum atomic E-state index is 12.2. The molecule has 0 aliphatic carbocycles. The van der Waals surface area contributed by atoms with E-state index in [4.69, 9.17) is 10.5 Å². The van der Waals surface area contributed by atoms with E-state index in [1.807, 2.05) is 38.1 Å². The van der Waals surface area contributed by atoms with Crippen molar-refractivity contribution in [2.45, 2.75) is 13.8 Å². The number of nitrogen functional groups attached to an aromatic ring is 1. The predicted molar refractivity (Wildman–Crippen MR) is 81.2 cm³/mol. The molecule has 104 valence electrons. The summed E-state index contributed by atoms with van der Waals surface area (Å²) in [5.41, 5.74) is 8.45. The molecule has 0 radical (unpaired) electrons. The number of rotatable bonds is 4. The average molecular weight is 270 g/mol. The van der Waals surface area contributed by atoms with Gasteiger partial charge in [0.2, 0.25) is 0 Å². The number of carbonyl (C=O) groups excluding carboxylic acids is 1.